The highest BCUT2D eigenvalue weighted by molar-refractivity contribution is 5.94. The highest BCUT2D eigenvalue weighted by atomic mass is 16.4. The molecule has 0 aliphatic rings. The number of carbonyl (C=O) groups excluding carboxylic acids is 2. The first kappa shape index (κ1) is 17.4. The third-order valence-corrected chi connectivity index (χ3v) is 2.67. The standard InChI is InChI=1S/C12H23N3O4/c1-9(3-4-11(17)18)5-7-14-8-6-10(16)15-12(19)13-2/h9,14H,3-8H2,1-2H3,(H,17,18)(H2,13,15,16,19). The molecule has 7 nitrogen and oxygen atoms in total. The van der Waals surface area contributed by atoms with Crippen LogP contribution in [0.25, 0.3) is 0 Å². The Bertz CT molecular complexity index is 307. The van der Waals surface area contributed by atoms with Gasteiger partial charge in [0.25, 0.3) is 0 Å². The van der Waals surface area contributed by atoms with E-state index in [4.69, 9.17) is 5.11 Å². The van der Waals surface area contributed by atoms with Gasteiger partial charge in [-0.1, -0.05) is 6.92 Å². The van der Waals surface area contributed by atoms with Crippen molar-refractivity contribution in [1.29, 1.82) is 0 Å². The van der Waals surface area contributed by atoms with Gasteiger partial charge in [0, 0.05) is 26.4 Å². The van der Waals surface area contributed by atoms with E-state index in [0.717, 1.165) is 13.0 Å². The maximum absolute atomic E-state index is 11.2. The fraction of sp³-hybridized carbons (Fsp3) is 0.750. The molecule has 0 radical (unpaired) electrons. The highest BCUT2D eigenvalue weighted by Gasteiger charge is 2.06. The number of carbonyl (C=O) groups is 3. The molecule has 0 spiro atoms. The molecule has 0 aromatic carbocycles. The minimum atomic E-state index is -0.773. The van der Waals surface area contributed by atoms with Crippen molar-refractivity contribution in [3.05, 3.63) is 0 Å². The fourth-order valence-corrected chi connectivity index (χ4v) is 1.44. The first-order valence-electron chi connectivity index (χ1n) is 6.39. The Morgan fingerprint density at radius 1 is 1.11 bits per heavy atom. The maximum atomic E-state index is 11.2. The van der Waals surface area contributed by atoms with E-state index < -0.39 is 12.0 Å². The largest absolute Gasteiger partial charge is 0.481 e. The lowest BCUT2D eigenvalue weighted by molar-refractivity contribution is -0.137. The van der Waals surface area contributed by atoms with Crippen molar-refractivity contribution >= 4 is 17.9 Å². The van der Waals surface area contributed by atoms with Crippen LogP contribution < -0.4 is 16.0 Å². The second kappa shape index (κ2) is 10.3. The van der Waals surface area contributed by atoms with Gasteiger partial charge in [-0.15, -0.1) is 0 Å². The summed E-state index contributed by atoms with van der Waals surface area (Å²) in [5, 5.41) is 16.1. The second-order valence-electron chi connectivity index (χ2n) is 4.45. The topological polar surface area (TPSA) is 108 Å². The van der Waals surface area contributed by atoms with Crippen LogP contribution in [0.15, 0.2) is 0 Å². The lowest BCUT2D eigenvalue weighted by atomic mass is 10.0. The van der Waals surface area contributed by atoms with Gasteiger partial charge in [0.15, 0.2) is 0 Å². The lowest BCUT2D eigenvalue weighted by Gasteiger charge is -2.10. The Balaban J connectivity index is 3.46. The lowest BCUT2D eigenvalue weighted by Crippen LogP contribution is -2.38. The normalized spacial score (nSPS) is 11.7. The van der Waals surface area contributed by atoms with Gasteiger partial charge >= 0.3 is 12.0 Å². The van der Waals surface area contributed by atoms with Gasteiger partial charge in [-0.2, -0.15) is 0 Å². The van der Waals surface area contributed by atoms with Gasteiger partial charge in [-0.25, -0.2) is 4.79 Å². The van der Waals surface area contributed by atoms with Crippen molar-refractivity contribution < 1.29 is 19.5 Å². The molecule has 3 amide bonds. The summed E-state index contributed by atoms with van der Waals surface area (Å²) >= 11 is 0. The van der Waals surface area contributed by atoms with E-state index in [0.29, 0.717) is 18.9 Å². The number of hydrogen-bond donors (Lipinski definition) is 4. The van der Waals surface area contributed by atoms with E-state index in [1.165, 1.54) is 7.05 Å². The smallest absolute Gasteiger partial charge is 0.321 e. The van der Waals surface area contributed by atoms with Crippen molar-refractivity contribution in [2.75, 3.05) is 20.1 Å². The van der Waals surface area contributed by atoms with Crippen LogP contribution >= 0.6 is 0 Å². The number of imide groups is 1. The summed E-state index contributed by atoms with van der Waals surface area (Å²) in [6.45, 7) is 3.23. The van der Waals surface area contributed by atoms with E-state index in [1.807, 2.05) is 6.92 Å². The molecule has 0 heterocycles. The average Bonchev–Trinajstić information content (AvgIpc) is 2.35. The van der Waals surface area contributed by atoms with Crippen LogP contribution in [-0.4, -0.2) is 43.2 Å². The van der Waals surface area contributed by atoms with Crippen LogP contribution in [0.5, 0.6) is 0 Å². The van der Waals surface area contributed by atoms with Crippen LogP contribution in [0.2, 0.25) is 0 Å². The molecule has 0 rings (SSSR count). The highest BCUT2D eigenvalue weighted by Crippen LogP contribution is 2.08. The summed E-state index contributed by atoms with van der Waals surface area (Å²) < 4.78 is 0. The summed E-state index contributed by atoms with van der Waals surface area (Å²) in [5.41, 5.74) is 0. The number of urea groups is 1. The number of rotatable bonds is 9. The van der Waals surface area contributed by atoms with Gasteiger partial charge in [-0.05, 0) is 25.3 Å². The van der Waals surface area contributed by atoms with Crippen LogP contribution in [-0.2, 0) is 9.59 Å². The second-order valence-corrected chi connectivity index (χ2v) is 4.45. The number of amides is 3. The molecule has 0 bridgehead atoms. The van der Waals surface area contributed by atoms with Crippen molar-refractivity contribution in [3.8, 4) is 0 Å². The van der Waals surface area contributed by atoms with Gasteiger partial charge in [0.2, 0.25) is 5.91 Å². The van der Waals surface area contributed by atoms with Crippen LogP contribution in [0, 0.1) is 5.92 Å². The van der Waals surface area contributed by atoms with E-state index >= 15 is 0 Å². The molecule has 0 fully saturated rings. The number of carboxylic acid groups (broad SMARTS) is 1. The summed E-state index contributed by atoms with van der Waals surface area (Å²) in [6.07, 6.45) is 1.95. The molecule has 110 valence electrons. The minimum absolute atomic E-state index is 0.190. The number of carboxylic acids is 1. The van der Waals surface area contributed by atoms with Gasteiger partial charge in [0.05, 0.1) is 0 Å². The summed E-state index contributed by atoms with van der Waals surface area (Å²) in [5.74, 6) is -0.764. The Hall–Kier alpha value is -1.63. The van der Waals surface area contributed by atoms with E-state index in [1.54, 1.807) is 0 Å². The Morgan fingerprint density at radius 2 is 1.79 bits per heavy atom. The number of aliphatic carboxylic acids is 1. The van der Waals surface area contributed by atoms with Crippen molar-refractivity contribution in [2.24, 2.45) is 5.92 Å². The fourth-order valence-electron chi connectivity index (χ4n) is 1.44. The molecule has 0 aliphatic heterocycles. The van der Waals surface area contributed by atoms with E-state index in [2.05, 4.69) is 16.0 Å². The molecule has 7 heteroatoms. The van der Waals surface area contributed by atoms with E-state index in [-0.39, 0.29) is 18.7 Å². The van der Waals surface area contributed by atoms with Crippen LogP contribution in [0.4, 0.5) is 4.79 Å². The molecule has 19 heavy (non-hydrogen) atoms. The molecule has 0 saturated carbocycles. The maximum Gasteiger partial charge on any atom is 0.321 e. The summed E-state index contributed by atoms with van der Waals surface area (Å²) in [4.78, 5) is 32.4. The van der Waals surface area contributed by atoms with Crippen LogP contribution in [0.3, 0.4) is 0 Å². The van der Waals surface area contributed by atoms with Crippen molar-refractivity contribution in [1.82, 2.24) is 16.0 Å². The first-order valence-corrected chi connectivity index (χ1v) is 6.39. The van der Waals surface area contributed by atoms with Crippen molar-refractivity contribution in [2.45, 2.75) is 32.6 Å². The van der Waals surface area contributed by atoms with Gasteiger partial charge in [-0.3, -0.25) is 14.9 Å². The Morgan fingerprint density at radius 3 is 2.37 bits per heavy atom. The Labute approximate surface area is 113 Å². The molecule has 1 atom stereocenters. The third-order valence-electron chi connectivity index (χ3n) is 2.67. The molecule has 0 aromatic heterocycles. The van der Waals surface area contributed by atoms with Gasteiger partial charge in [0.1, 0.15) is 0 Å². The van der Waals surface area contributed by atoms with Gasteiger partial charge < -0.3 is 15.7 Å². The number of hydrogen-bond acceptors (Lipinski definition) is 4. The zero-order chi connectivity index (χ0) is 14.7. The zero-order valence-corrected chi connectivity index (χ0v) is 11.5. The monoisotopic (exact) mass is 273 g/mol. The average molecular weight is 273 g/mol. The predicted molar refractivity (Wildman–Crippen MR) is 70.7 cm³/mol. The molecule has 0 aromatic rings. The molecule has 4 N–H and O–H groups in total. The van der Waals surface area contributed by atoms with Crippen molar-refractivity contribution in [3.63, 3.8) is 0 Å². The molecular weight excluding hydrogens is 250 g/mol. The van der Waals surface area contributed by atoms with Crippen LogP contribution in [0.1, 0.15) is 32.6 Å². The number of nitrogens with one attached hydrogen (secondary N) is 3. The zero-order valence-electron chi connectivity index (χ0n) is 11.5. The predicted octanol–water partition coefficient (Wildman–Crippen LogP) is 0.313. The summed E-state index contributed by atoms with van der Waals surface area (Å²) in [7, 11) is 1.44. The third kappa shape index (κ3) is 11.2. The van der Waals surface area contributed by atoms with E-state index in [9.17, 15) is 14.4 Å². The Kier molecular flexibility index (Phi) is 9.42. The molecular formula is C12H23N3O4. The SMILES string of the molecule is CNC(=O)NC(=O)CCNCCC(C)CCC(=O)O. The molecule has 0 saturated heterocycles. The first-order chi connectivity index (χ1) is 8.95. The summed E-state index contributed by atoms with van der Waals surface area (Å²) in [6, 6.07) is -0.507. The minimum Gasteiger partial charge on any atom is -0.481 e. The molecule has 0 aliphatic carbocycles. The quantitative estimate of drug-likeness (QED) is 0.452. The molecule has 1 unspecified atom stereocenters.